The number of fused-ring (bicyclic) bond motifs is 2. The van der Waals surface area contributed by atoms with E-state index in [2.05, 4.69) is 5.10 Å². The van der Waals surface area contributed by atoms with Crippen LogP contribution in [0.15, 0.2) is 58.4 Å². The van der Waals surface area contributed by atoms with Gasteiger partial charge in [0.2, 0.25) is 21.4 Å². The summed E-state index contributed by atoms with van der Waals surface area (Å²) in [6.07, 6.45) is 4.53. The normalized spacial score (nSPS) is 16.8. The van der Waals surface area contributed by atoms with Gasteiger partial charge in [0.25, 0.3) is 0 Å². The van der Waals surface area contributed by atoms with Crippen molar-refractivity contribution in [3.8, 4) is 0 Å². The fraction of sp³-hybridized carbons (Fsp3) is 0.375. The maximum atomic E-state index is 13.1. The molecule has 2 heterocycles. The Morgan fingerprint density at radius 1 is 0.970 bits per heavy atom. The number of amides is 1. The Morgan fingerprint density at radius 3 is 2.55 bits per heavy atom. The smallest absolute Gasteiger partial charge is 0.243 e. The number of hydrogen-bond donors (Lipinski definition) is 0. The van der Waals surface area contributed by atoms with Crippen molar-refractivity contribution in [1.82, 2.24) is 19.0 Å². The molecular weight excluding hydrogens is 440 g/mol. The van der Waals surface area contributed by atoms with Crippen LogP contribution in [0, 0.1) is 0 Å². The van der Waals surface area contributed by atoms with Crippen molar-refractivity contribution in [3.63, 3.8) is 0 Å². The van der Waals surface area contributed by atoms with E-state index in [4.69, 9.17) is 0 Å². The zero-order chi connectivity index (χ0) is 23.0. The molecule has 8 nitrogen and oxygen atoms in total. The Bertz CT molecular complexity index is 1370. The van der Waals surface area contributed by atoms with Crippen molar-refractivity contribution < 1.29 is 13.2 Å². The van der Waals surface area contributed by atoms with Crippen LogP contribution in [-0.4, -0.2) is 59.5 Å². The lowest BCUT2D eigenvalue weighted by Gasteiger charge is -2.34. The maximum absolute atomic E-state index is 13.1. The highest BCUT2D eigenvalue weighted by Gasteiger charge is 2.30. The fourth-order valence-electron chi connectivity index (χ4n) is 4.73. The largest absolute Gasteiger partial charge is 0.340 e. The zero-order valence-electron chi connectivity index (χ0n) is 18.3. The molecule has 172 valence electrons. The van der Waals surface area contributed by atoms with E-state index in [0.29, 0.717) is 35.4 Å². The first kappa shape index (κ1) is 21.8. The van der Waals surface area contributed by atoms with Gasteiger partial charge in [0.05, 0.1) is 23.2 Å². The molecule has 5 rings (SSSR count). The van der Waals surface area contributed by atoms with E-state index in [9.17, 15) is 18.0 Å². The van der Waals surface area contributed by atoms with Crippen molar-refractivity contribution in [2.45, 2.75) is 37.1 Å². The number of hydrogen-bond acceptors (Lipinski definition) is 5. The quantitative estimate of drug-likeness (QED) is 0.572. The molecule has 9 heteroatoms. The second-order valence-corrected chi connectivity index (χ2v) is 10.5. The molecule has 3 aromatic rings. The van der Waals surface area contributed by atoms with E-state index in [1.807, 2.05) is 24.3 Å². The molecule has 0 atom stereocenters. The van der Waals surface area contributed by atoms with Gasteiger partial charge in [-0.1, -0.05) is 18.2 Å². The number of para-hydroxylation sites is 1. The van der Waals surface area contributed by atoms with E-state index in [1.54, 1.807) is 27.8 Å². The Labute approximate surface area is 192 Å². The highest BCUT2D eigenvalue weighted by Crippen LogP contribution is 2.26. The molecule has 2 aliphatic rings. The molecule has 2 aromatic carbocycles. The summed E-state index contributed by atoms with van der Waals surface area (Å²) < 4.78 is 29.4. The lowest BCUT2D eigenvalue weighted by molar-refractivity contribution is -0.132. The third-order valence-corrected chi connectivity index (χ3v) is 8.49. The second kappa shape index (κ2) is 8.72. The SMILES string of the molecule is O=C(CCn1ncc(=O)c2ccccc21)N1CCN(S(=O)(=O)c2ccc3c(c2)CCC3)CC1. The third kappa shape index (κ3) is 4.18. The molecule has 0 bridgehead atoms. The summed E-state index contributed by atoms with van der Waals surface area (Å²) in [7, 11) is -3.56. The van der Waals surface area contributed by atoms with Gasteiger partial charge in [-0.3, -0.25) is 14.3 Å². The number of benzene rings is 2. The standard InChI is InChI=1S/C24H26N4O4S/c29-23-17-25-28(22-7-2-1-6-21(22)23)11-10-24(30)26-12-14-27(15-13-26)33(31,32)20-9-8-18-4-3-5-19(18)16-20/h1-2,6-9,16-17H,3-5,10-15H2. The average Bonchev–Trinajstić information content (AvgIpc) is 3.32. The van der Waals surface area contributed by atoms with E-state index in [-0.39, 0.29) is 30.8 Å². The van der Waals surface area contributed by atoms with E-state index in [0.717, 1.165) is 24.8 Å². The number of rotatable bonds is 5. The first-order chi connectivity index (χ1) is 15.9. The first-order valence-electron chi connectivity index (χ1n) is 11.3. The van der Waals surface area contributed by atoms with Gasteiger partial charge in [0.15, 0.2) is 0 Å². The minimum atomic E-state index is -3.56. The molecule has 1 aliphatic heterocycles. The molecule has 1 amide bonds. The second-order valence-electron chi connectivity index (χ2n) is 8.57. The van der Waals surface area contributed by atoms with Crippen LogP contribution in [0.3, 0.4) is 0 Å². The van der Waals surface area contributed by atoms with Gasteiger partial charge in [0.1, 0.15) is 0 Å². The van der Waals surface area contributed by atoms with Crippen molar-refractivity contribution in [2.75, 3.05) is 26.2 Å². The molecule has 1 aliphatic carbocycles. The Hall–Kier alpha value is -3.04. The lowest BCUT2D eigenvalue weighted by Crippen LogP contribution is -2.50. The Balaban J connectivity index is 1.21. The molecule has 0 N–H and O–H groups in total. The highest BCUT2D eigenvalue weighted by atomic mass is 32.2. The lowest BCUT2D eigenvalue weighted by atomic mass is 10.1. The first-order valence-corrected chi connectivity index (χ1v) is 12.7. The van der Waals surface area contributed by atoms with Crippen LogP contribution in [-0.2, 0) is 34.2 Å². The molecule has 1 aromatic heterocycles. The van der Waals surface area contributed by atoms with Crippen LogP contribution in [0.25, 0.3) is 10.9 Å². The van der Waals surface area contributed by atoms with E-state index >= 15 is 0 Å². The summed E-state index contributed by atoms with van der Waals surface area (Å²) in [5.41, 5.74) is 2.93. The van der Waals surface area contributed by atoms with Gasteiger partial charge in [-0.15, -0.1) is 0 Å². The van der Waals surface area contributed by atoms with Crippen molar-refractivity contribution in [1.29, 1.82) is 0 Å². The molecule has 0 unspecified atom stereocenters. The summed E-state index contributed by atoms with van der Waals surface area (Å²) in [4.78, 5) is 26.8. The number of carbonyl (C=O) groups is 1. The summed E-state index contributed by atoms with van der Waals surface area (Å²) in [6.45, 7) is 1.64. The van der Waals surface area contributed by atoms with E-state index in [1.165, 1.54) is 16.1 Å². The summed E-state index contributed by atoms with van der Waals surface area (Å²) in [5.74, 6) is -0.0471. The number of sulfonamides is 1. The fourth-order valence-corrected chi connectivity index (χ4v) is 6.21. The van der Waals surface area contributed by atoms with Gasteiger partial charge in [-0.25, -0.2) is 8.42 Å². The Morgan fingerprint density at radius 2 is 1.73 bits per heavy atom. The summed E-state index contributed by atoms with van der Waals surface area (Å²) in [6, 6.07) is 12.7. The molecule has 1 fully saturated rings. The average molecular weight is 467 g/mol. The third-order valence-electron chi connectivity index (χ3n) is 6.60. The minimum absolute atomic E-state index is 0.0471. The summed E-state index contributed by atoms with van der Waals surface area (Å²) in [5, 5.41) is 4.75. The molecule has 0 spiro atoms. The van der Waals surface area contributed by atoms with Gasteiger partial charge in [-0.2, -0.15) is 9.40 Å². The maximum Gasteiger partial charge on any atom is 0.243 e. The van der Waals surface area contributed by atoms with E-state index < -0.39 is 10.0 Å². The van der Waals surface area contributed by atoms with Gasteiger partial charge in [0, 0.05) is 38.0 Å². The van der Waals surface area contributed by atoms with Crippen LogP contribution in [0.4, 0.5) is 0 Å². The van der Waals surface area contributed by atoms with Crippen molar-refractivity contribution in [2.24, 2.45) is 0 Å². The summed E-state index contributed by atoms with van der Waals surface area (Å²) >= 11 is 0. The molecule has 0 radical (unpaired) electrons. The number of carbonyl (C=O) groups excluding carboxylic acids is 1. The molecule has 33 heavy (non-hydrogen) atoms. The number of piperazine rings is 1. The van der Waals surface area contributed by atoms with Crippen molar-refractivity contribution >= 4 is 26.8 Å². The van der Waals surface area contributed by atoms with Gasteiger partial charge in [-0.05, 0) is 54.7 Å². The van der Waals surface area contributed by atoms with Crippen LogP contribution in [0.2, 0.25) is 0 Å². The monoisotopic (exact) mass is 466 g/mol. The molecule has 1 saturated heterocycles. The zero-order valence-corrected chi connectivity index (χ0v) is 19.1. The molecular formula is C24H26N4O4S. The topological polar surface area (TPSA) is 92.6 Å². The van der Waals surface area contributed by atoms with Crippen molar-refractivity contribution in [3.05, 3.63) is 70.0 Å². The van der Waals surface area contributed by atoms with Crippen LogP contribution < -0.4 is 5.43 Å². The predicted octanol–water partition coefficient (Wildman–Crippen LogP) is 1.81. The van der Waals surface area contributed by atoms with Gasteiger partial charge >= 0.3 is 0 Å². The minimum Gasteiger partial charge on any atom is -0.340 e. The number of aryl methyl sites for hydroxylation is 3. The van der Waals surface area contributed by atoms with Crippen LogP contribution in [0.5, 0.6) is 0 Å². The molecule has 0 saturated carbocycles. The predicted molar refractivity (Wildman–Crippen MR) is 124 cm³/mol. The van der Waals surface area contributed by atoms with Crippen LogP contribution in [0.1, 0.15) is 24.0 Å². The number of aromatic nitrogens is 2. The Kier molecular flexibility index (Phi) is 5.76. The van der Waals surface area contributed by atoms with Gasteiger partial charge < -0.3 is 4.90 Å². The van der Waals surface area contributed by atoms with Crippen LogP contribution >= 0.6 is 0 Å². The highest BCUT2D eigenvalue weighted by molar-refractivity contribution is 7.89. The number of nitrogens with zero attached hydrogens (tertiary/aromatic N) is 4.